The minimum atomic E-state index is 0. The largest absolute Gasteiger partial charge is 2.00 e. The molecule has 0 heterocycles. The van der Waals surface area contributed by atoms with Crippen molar-refractivity contribution < 1.29 is 56.1 Å². The summed E-state index contributed by atoms with van der Waals surface area (Å²) in [7, 11) is 0. The predicted octanol–water partition coefficient (Wildman–Crippen LogP) is -2.46. The first kappa shape index (κ1) is 21.7. The van der Waals surface area contributed by atoms with Crippen LogP contribution in [0.5, 0.6) is 0 Å². The third kappa shape index (κ3) is 4.43. The van der Waals surface area contributed by atoms with Crippen molar-refractivity contribution in [1.29, 1.82) is 0 Å². The maximum Gasteiger partial charge on any atom is 2.00 e. The van der Waals surface area contributed by atoms with Crippen LogP contribution in [-0.2, 0) is 26.2 Å². The molecule has 0 amide bonds. The molecule has 4 heteroatoms. The van der Waals surface area contributed by atoms with E-state index in [2.05, 4.69) is 43.4 Å². The smallest absolute Gasteiger partial charge is 1.00 e. The average molecular weight is 378 g/mol. The molecule has 0 atom stereocenters. The SMILES string of the molecule is CCC(CCO)(C1=CC=CC1)C1=CC=CC1.[Cl-].[Cl-].[Zr+2]. The van der Waals surface area contributed by atoms with E-state index in [9.17, 15) is 5.11 Å². The molecule has 0 saturated heterocycles. The Morgan fingerprint density at radius 3 is 1.79 bits per heavy atom. The molecule has 1 nitrogen and oxygen atoms in total. The molecule has 2 rings (SSSR count). The molecule has 104 valence electrons. The van der Waals surface area contributed by atoms with Crippen LogP contribution in [-0.4, -0.2) is 11.7 Å². The topological polar surface area (TPSA) is 20.2 Å². The molecule has 19 heavy (non-hydrogen) atoms. The Labute approximate surface area is 147 Å². The van der Waals surface area contributed by atoms with Crippen LogP contribution >= 0.6 is 0 Å². The average Bonchev–Trinajstić information content (AvgIpc) is 2.98. The quantitative estimate of drug-likeness (QED) is 0.563. The van der Waals surface area contributed by atoms with E-state index in [1.807, 2.05) is 0 Å². The van der Waals surface area contributed by atoms with Crippen molar-refractivity contribution in [3.8, 4) is 0 Å². The van der Waals surface area contributed by atoms with Gasteiger partial charge in [0.25, 0.3) is 0 Å². The van der Waals surface area contributed by atoms with Gasteiger partial charge in [0.1, 0.15) is 0 Å². The summed E-state index contributed by atoms with van der Waals surface area (Å²) in [5, 5.41) is 9.36. The molecule has 0 bridgehead atoms. The monoisotopic (exact) mass is 376 g/mol. The van der Waals surface area contributed by atoms with Crippen LogP contribution in [0.2, 0.25) is 0 Å². The summed E-state index contributed by atoms with van der Waals surface area (Å²) in [6.45, 7) is 2.50. The Bertz CT molecular complexity index is 354. The Kier molecular flexibility index (Phi) is 11.6. The molecule has 1 N–H and O–H groups in total. The summed E-state index contributed by atoms with van der Waals surface area (Å²) in [5.41, 5.74) is 3.04. The van der Waals surface area contributed by atoms with E-state index in [0.717, 1.165) is 25.7 Å². The van der Waals surface area contributed by atoms with Gasteiger partial charge in [-0.1, -0.05) is 54.5 Å². The van der Waals surface area contributed by atoms with Crippen molar-refractivity contribution in [3.63, 3.8) is 0 Å². The summed E-state index contributed by atoms with van der Waals surface area (Å²) in [6.07, 6.45) is 17.2. The molecule has 2 aliphatic rings. The van der Waals surface area contributed by atoms with Gasteiger partial charge in [0.2, 0.25) is 0 Å². The number of allylic oxidation sites excluding steroid dienone is 8. The third-order valence-electron chi connectivity index (χ3n) is 3.91. The molecule has 0 aromatic heterocycles. The number of rotatable bonds is 5. The van der Waals surface area contributed by atoms with E-state index < -0.39 is 0 Å². The second kappa shape index (κ2) is 10.2. The molecule has 0 aromatic carbocycles. The summed E-state index contributed by atoms with van der Waals surface area (Å²) in [6, 6.07) is 0. The molecule has 0 aliphatic heterocycles. The standard InChI is InChI=1S/C15H20O.2ClH.Zr/c1-2-15(11-12-16,13-7-3-4-8-13)14-9-5-6-10-14;;;/h3-7,9,16H,2,8,10-12H2,1H3;2*1H;/q;;;+2/p-2. The van der Waals surface area contributed by atoms with Crippen molar-refractivity contribution in [2.45, 2.75) is 32.6 Å². The summed E-state index contributed by atoms with van der Waals surface area (Å²) in [5.74, 6) is 0. The van der Waals surface area contributed by atoms with Crippen LogP contribution in [0.15, 0.2) is 47.6 Å². The van der Waals surface area contributed by atoms with Crippen molar-refractivity contribution in [2.24, 2.45) is 5.41 Å². The Hall–Kier alpha value is 0.383. The number of hydrogen-bond donors (Lipinski definition) is 1. The Morgan fingerprint density at radius 1 is 1.05 bits per heavy atom. The summed E-state index contributed by atoms with van der Waals surface area (Å²) in [4.78, 5) is 0. The fourth-order valence-electron chi connectivity index (χ4n) is 2.95. The molecule has 0 aromatic rings. The van der Waals surface area contributed by atoms with Crippen LogP contribution in [0.1, 0.15) is 32.6 Å². The van der Waals surface area contributed by atoms with Gasteiger partial charge in [-0.15, -0.1) is 0 Å². The molecule has 0 radical (unpaired) electrons. The van der Waals surface area contributed by atoms with Gasteiger partial charge in [-0.3, -0.25) is 0 Å². The van der Waals surface area contributed by atoms with E-state index in [0.29, 0.717) is 0 Å². The maximum absolute atomic E-state index is 9.36. The number of aliphatic hydroxyl groups is 1. The molecule has 0 saturated carbocycles. The van der Waals surface area contributed by atoms with Crippen LogP contribution in [0, 0.1) is 5.41 Å². The van der Waals surface area contributed by atoms with E-state index in [-0.39, 0.29) is 63.0 Å². The van der Waals surface area contributed by atoms with Gasteiger partial charge >= 0.3 is 26.2 Å². The Balaban J connectivity index is 0. The van der Waals surface area contributed by atoms with Crippen molar-refractivity contribution in [1.82, 2.24) is 0 Å². The summed E-state index contributed by atoms with van der Waals surface area (Å²) < 4.78 is 0. The van der Waals surface area contributed by atoms with Gasteiger partial charge in [0, 0.05) is 12.0 Å². The van der Waals surface area contributed by atoms with Gasteiger partial charge in [0.15, 0.2) is 0 Å². The molecular formula is C15H20Cl2OZr. The molecular weight excluding hydrogens is 358 g/mol. The molecule has 2 aliphatic carbocycles. The van der Waals surface area contributed by atoms with Gasteiger partial charge in [-0.25, -0.2) is 0 Å². The van der Waals surface area contributed by atoms with Crippen molar-refractivity contribution in [3.05, 3.63) is 47.6 Å². The van der Waals surface area contributed by atoms with Crippen molar-refractivity contribution >= 4 is 0 Å². The second-order valence-electron chi connectivity index (χ2n) is 4.56. The van der Waals surface area contributed by atoms with E-state index in [4.69, 9.17) is 0 Å². The zero-order valence-electron chi connectivity index (χ0n) is 11.2. The fourth-order valence-corrected chi connectivity index (χ4v) is 2.95. The van der Waals surface area contributed by atoms with Crippen LogP contribution in [0.3, 0.4) is 0 Å². The molecule has 0 fully saturated rings. The molecule has 0 unspecified atom stereocenters. The second-order valence-corrected chi connectivity index (χ2v) is 4.56. The maximum atomic E-state index is 9.36. The first-order valence-electron chi connectivity index (χ1n) is 6.16. The number of hydrogen-bond acceptors (Lipinski definition) is 1. The van der Waals surface area contributed by atoms with Crippen molar-refractivity contribution in [2.75, 3.05) is 6.61 Å². The van der Waals surface area contributed by atoms with E-state index >= 15 is 0 Å². The normalized spacial score (nSPS) is 16.1. The molecule has 0 spiro atoms. The minimum Gasteiger partial charge on any atom is -1.00 e. The zero-order valence-corrected chi connectivity index (χ0v) is 15.2. The van der Waals surface area contributed by atoms with Crippen LogP contribution in [0.4, 0.5) is 0 Å². The zero-order chi connectivity index (χ0) is 11.4. The van der Waals surface area contributed by atoms with E-state index in [1.165, 1.54) is 11.1 Å². The van der Waals surface area contributed by atoms with Gasteiger partial charge < -0.3 is 29.9 Å². The van der Waals surface area contributed by atoms with Gasteiger partial charge in [-0.05, 0) is 25.7 Å². The van der Waals surface area contributed by atoms with Crippen LogP contribution < -0.4 is 24.8 Å². The van der Waals surface area contributed by atoms with Gasteiger partial charge in [0.05, 0.1) is 0 Å². The number of halogens is 2. The van der Waals surface area contributed by atoms with E-state index in [1.54, 1.807) is 0 Å². The first-order valence-corrected chi connectivity index (χ1v) is 6.16. The predicted molar refractivity (Wildman–Crippen MR) is 68.1 cm³/mol. The first-order chi connectivity index (χ1) is 7.83. The van der Waals surface area contributed by atoms with Crippen LogP contribution in [0.25, 0.3) is 0 Å². The third-order valence-corrected chi connectivity index (χ3v) is 3.91. The summed E-state index contributed by atoms with van der Waals surface area (Å²) >= 11 is 0. The number of aliphatic hydroxyl groups excluding tert-OH is 1. The fraction of sp³-hybridized carbons (Fsp3) is 0.467. The Morgan fingerprint density at radius 2 is 1.53 bits per heavy atom. The van der Waals surface area contributed by atoms with Gasteiger partial charge in [-0.2, -0.15) is 0 Å². The minimum absolute atomic E-state index is 0.